The molecule has 21 heavy (non-hydrogen) atoms. The van der Waals surface area contributed by atoms with E-state index >= 15 is 0 Å². The van der Waals surface area contributed by atoms with Crippen LogP contribution in [-0.4, -0.2) is 46.3 Å². The molecular weight excluding hydrogens is 262 g/mol. The highest BCUT2D eigenvalue weighted by Gasteiger charge is 2.07. The standard InChI is InChI=1S/C16H25N5/c1-3-9-21(4-2)10-8-18-12-15-13-19-20-16(15)14-6-5-7-17-11-14/h5-7,11,13,18H,3-4,8-10,12H2,1-2H3,(H,19,20). The van der Waals surface area contributed by atoms with Gasteiger partial charge in [0.15, 0.2) is 0 Å². The van der Waals surface area contributed by atoms with Crippen molar-refractivity contribution < 1.29 is 0 Å². The summed E-state index contributed by atoms with van der Waals surface area (Å²) in [5.74, 6) is 0. The lowest BCUT2D eigenvalue weighted by molar-refractivity contribution is 0.287. The zero-order chi connectivity index (χ0) is 14.9. The van der Waals surface area contributed by atoms with Crippen molar-refractivity contribution in [3.63, 3.8) is 0 Å². The van der Waals surface area contributed by atoms with Gasteiger partial charge in [-0.15, -0.1) is 0 Å². The van der Waals surface area contributed by atoms with Crippen molar-refractivity contribution in [3.05, 3.63) is 36.3 Å². The van der Waals surface area contributed by atoms with Crippen LogP contribution >= 0.6 is 0 Å². The Morgan fingerprint density at radius 1 is 1.24 bits per heavy atom. The van der Waals surface area contributed by atoms with E-state index in [1.807, 2.05) is 24.5 Å². The summed E-state index contributed by atoms with van der Waals surface area (Å²) in [7, 11) is 0. The van der Waals surface area contributed by atoms with E-state index in [1.54, 1.807) is 6.20 Å². The lowest BCUT2D eigenvalue weighted by Gasteiger charge is -2.19. The van der Waals surface area contributed by atoms with Crippen LogP contribution < -0.4 is 5.32 Å². The molecule has 5 nitrogen and oxygen atoms in total. The van der Waals surface area contributed by atoms with E-state index < -0.39 is 0 Å². The van der Waals surface area contributed by atoms with Crippen LogP contribution in [0.4, 0.5) is 0 Å². The van der Waals surface area contributed by atoms with E-state index in [4.69, 9.17) is 0 Å². The Morgan fingerprint density at radius 2 is 2.14 bits per heavy atom. The van der Waals surface area contributed by atoms with Crippen molar-refractivity contribution in [2.75, 3.05) is 26.2 Å². The van der Waals surface area contributed by atoms with Gasteiger partial charge in [0.25, 0.3) is 0 Å². The zero-order valence-electron chi connectivity index (χ0n) is 13.0. The molecule has 114 valence electrons. The number of nitrogens with zero attached hydrogens (tertiary/aromatic N) is 3. The fraction of sp³-hybridized carbons (Fsp3) is 0.500. The fourth-order valence-electron chi connectivity index (χ4n) is 2.41. The third kappa shape index (κ3) is 4.65. The minimum absolute atomic E-state index is 0.824. The number of rotatable bonds is 9. The molecule has 0 amide bonds. The van der Waals surface area contributed by atoms with Crippen molar-refractivity contribution in [1.82, 2.24) is 25.4 Å². The molecule has 2 aromatic heterocycles. The van der Waals surface area contributed by atoms with Crippen molar-refractivity contribution in [3.8, 4) is 11.3 Å². The Balaban J connectivity index is 1.83. The van der Waals surface area contributed by atoms with Gasteiger partial charge in [0.2, 0.25) is 0 Å². The molecule has 0 unspecified atom stereocenters. The Kier molecular flexibility index (Phi) is 6.37. The third-order valence-electron chi connectivity index (χ3n) is 3.58. The second-order valence-electron chi connectivity index (χ2n) is 5.12. The molecule has 2 heterocycles. The van der Waals surface area contributed by atoms with Gasteiger partial charge in [0, 0.05) is 43.2 Å². The molecular formula is C16H25N5. The monoisotopic (exact) mass is 287 g/mol. The van der Waals surface area contributed by atoms with Crippen LogP contribution in [0, 0.1) is 0 Å². The number of hydrogen-bond acceptors (Lipinski definition) is 4. The van der Waals surface area contributed by atoms with E-state index in [-0.39, 0.29) is 0 Å². The van der Waals surface area contributed by atoms with Crippen LogP contribution in [0.15, 0.2) is 30.7 Å². The maximum absolute atomic E-state index is 4.16. The van der Waals surface area contributed by atoms with E-state index in [1.165, 1.54) is 18.5 Å². The van der Waals surface area contributed by atoms with Gasteiger partial charge in [-0.3, -0.25) is 10.1 Å². The maximum atomic E-state index is 4.16. The molecule has 0 spiro atoms. The van der Waals surface area contributed by atoms with Crippen molar-refractivity contribution in [1.29, 1.82) is 0 Å². The molecule has 0 aliphatic carbocycles. The summed E-state index contributed by atoms with van der Waals surface area (Å²) in [5, 5.41) is 10.7. The Hall–Kier alpha value is -1.72. The molecule has 0 aliphatic rings. The molecule has 0 saturated carbocycles. The number of likely N-dealkylation sites (N-methyl/N-ethyl adjacent to an activating group) is 1. The molecule has 0 aromatic carbocycles. The van der Waals surface area contributed by atoms with Gasteiger partial charge in [0.05, 0.1) is 11.9 Å². The average molecular weight is 287 g/mol. The first-order valence-corrected chi connectivity index (χ1v) is 7.70. The first-order chi connectivity index (χ1) is 10.3. The van der Waals surface area contributed by atoms with Gasteiger partial charge in [0.1, 0.15) is 0 Å². The van der Waals surface area contributed by atoms with Crippen LogP contribution in [0.25, 0.3) is 11.3 Å². The molecule has 2 rings (SSSR count). The first kappa shape index (κ1) is 15.7. The van der Waals surface area contributed by atoms with Crippen LogP contribution in [0.1, 0.15) is 25.8 Å². The fourth-order valence-corrected chi connectivity index (χ4v) is 2.41. The van der Waals surface area contributed by atoms with Gasteiger partial charge in [-0.25, -0.2) is 0 Å². The summed E-state index contributed by atoms with van der Waals surface area (Å²) in [6, 6.07) is 3.99. The first-order valence-electron chi connectivity index (χ1n) is 7.70. The molecule has 5 heteroatoms. The number of hydrogen-bond donors (Lipinski definition) is 2. The van der Waals surface area contributed by atoms with Crippen LogP contribution in [-0.2, 0) is 6.54 Å². The van der Waals surface area contributed by atoms with Gasteiger partial charge < -0.3 is 10.2 Å². The molecule has 0 saturated heterocycles. The van der Waals surface area contributed by atoms with E-state index in [0.717, 1.165) is 37.4 Å². The van der Waals surface area contributed by atoms with Gasteiger partial charge in [-0.05, 0) is 31.6 Å². The molecule has 2 N–H and O–H groups in total. The van der Waals surface area contributed by atoms with Crippen molar-refractivity contribution in [2.24, 2.45) is 0 Å². The zero-order valence-corrected chi connectivity index (χ0v) is 13.0. The Morgan fingerprint density at radius 3 is 2.86 bits per heavy atom. The number of pyridine rings is 1. The van der Waals surface area contributed by atoms with Crippen molar-refractivity contribution in [2.45, 2.75) is 26.8 Å². The summed E-state index contributed by atoms with van der Waals surface area (Å²) in [6.45, 7) is 9.63. The number of H-pyrrole nitrogens is 1. The van der Waals surface area contributed by atoms with Crippen LogP contribution in [0.2, 0.25) is 0 Å². The average Bonchev–Trinajstić information content (AvgIpc) is 2.99. The number of aromatic amines is 1. The molecule has 0 atom stereocenters. The second kappa shape index (κ2) is 8.54. The topological polar surface area (TPSA) is 56.8 Å². The van der Waals surface area contributed by atoms with Gasteiger partial charge in [-0.2, -0.15) is 5.10 Å². The summed E-state index contributed by atoms with van der Waals surface area (Å²) < 4.78 is 0. The Labute approximate surface area is 126 Å². The van der Waals surface area contributed by atoms with Crippen LogP contribution in [0.5, 0.6) is 0 Å². The van der Waals surface area contributed by atoms with E-state index in [0.29, 0.717) is 0 Å². The highest BCUT2D eigenvalue weighted by atomic mass is 15.1. The highest BCUT2D eigenvalue weighted by molar-refractivity contribution is 5.61. The quantitative estimate of drug-likeness (QED) is 0.695. The lowest BCUT2D eigenvalue weighted by atomic mass is 10.1. The highest BCUT2D eigenvalue weighted by Crippen LogP contribution is 2.19. The molecule has 0 radical (unpaired) electrons. The molecule has 0 bridgehead atoms. The lowest BCUT2D eigenvalue weighted by Crippen LogP contribution is -2.32. The number of aromatic nitrogens is 3. The predicted molar refractivity (Wildman–Crippen MR) is 85.9 cm³/mol. The van der Waals surface area contributed by atoms with Gasteiger partial charge in [-0.1, -0.05) is 13.8 Å². The largest absolute Gasteiger partial charge is 0.311 e. The minimum atomic E-state index is 0.824. The molecule has 0 aliphatic heterocycles. The summed E-state index contributed by atoms with van der Waals surface area (Å²) in [5.41, 5.74) is 3.31. The third-order valence-corrected chi connectivity index (χ3v) is 3.58. The molecule has 0 fully saturated rings. The summed E-state index contributed by atoms with van der Waals surface area (Å²) in [4.78, 5) is 6.62. The van der Waals surface area contributed by atoms with Crippen molar-refractivity contribution >= 4 is 0 Å². The second-order valence-corrected chi connectivity index (χ2v) is 5.12. The van der Waals surface area contributed by atoms with Crippen LogP contribution in [0.3, 0.4) is 0 Å². The Bertz CT molecular complexity index is 508. The summed E-state index contributed by atoms with van der Waals surface area (Å²) in [6.07, 6.45) is 6.74. The minimum Gasteiger partial charge on any atom is -0.311 e. The predicted octanol–water partition coefficient (Wildman–Crippen LogP) is 2.29. The smallest absolute Gasteiger partial charge is 0.0710 e. The van der Waals surface area contributed by atoms with E-state index in [9.17, 15) is 0 Å². The molecule has 2 aromatic rings. The van der Waals surface area contributed by atoms with E-state index in [2.05, 4.69) is 39.2 Å². The SMILES string of the molecule is CCCN(CC)CCNCc1cn[nH]c1-c1cccnc1. The number of nitrogens with one attached hydrogen (secondary N) is 2. The van der Waals surface area contributed by atoms with Gasteiger partial charge >= 0.3 is 0 Å². The summed E-state index contributed by atoms with van der Waals surface area (Å²) >= 11 is 0. The maximum Gasteiger partial charge on any atom is 0.0710 e. The normalized spacial score (nSPS) is 11.2.